The van der Waals surface area contributed by atoms with Gasteiger partial charge in [0.25, 0.3) is 0 Å². The molecule has 7 heteroatoms. The number of anilines is 1. The molecule has 0 amide bonds. The van der Waals surface area contributed by atoms with Gasteiger partial charge in [-0.15, -0.1) is 0 Å². The molecule has 0 saturated carbocycles. The zero-order valence-electron chi connectivity index (χ0n) is 12.0. The molecule has 0 aliphatic heterocycles. The number of rotatable bonds is 4. The van der Waals surface area contributed by atoms with Gasteiger partial charge in [-0.05, 0) is 6.42 Å². The Bertz CT molecular complexity index is 746. The quantitative estimate of drug-likeness (QED) is 0.765. The number of aromatic nitrogens is 6. The number of nitrogen functional groups attached to an aromatic ring is 1. The Hall–Kier alpha value is -2.31. The van der Waals surface area contributed by atoms with Crippen LogP contribution >= 0.6 is 0 Å². The van der Waals surface area contributed by atoms with Crippen molar-refractivity contribution < 1.29 is 0 Å². The molecule has 20 heavy (non-hydrogen) atoms. The molecule has 3 heterocycles. The molecule has 0 spiro atoms. The summed E-state index contributed by atoms with van der Waals surface area (Å²) in [7, 11) is 3.92. The van der Waals surface area contributed by atoms with E-state index in [1.54, 1.807) is 6.20 Å². The molecule has 3 aromatic rings. The summed E-state index contributed by atoms with van der Waals surface area (Å²) in [5, 5.41) is 4.49. The van der Waals surface area contributed by atoms with Gasteiger partial charge in [0.05, 0.1) is 5.69 Å². The van der Waals surface area contributed by atoms with Gasteiger partial charge in [-0.3, -0.25) is 9.25 Å². The first-order chi connectivity index (χ1) is 9.61. The van der Waals surface area contributed by atoms with Crippen LogP contribution in [0.15, 0.2) is 12.4 Å². The fourth-order valence-corrected chi connectivity index (χ4v) is 2.57. The molecule has 0 aliphatic rings. The largest absolute Gasteiger partial charge is 0.369 e. The first-order valence-electron chi connectivity index (χ1n) is 6.75. The topological polar surface area (TPSA) is 79.5 Å². The van der Waals surface area contributed by atoms with Crippen LogP contribution in [0.1, 0.15) is 18.4 Å². The number of hydrogen-bond donors (Lipinski definition) is 1. The molecule has 0 fully saturated rings. The molecule has 0 bridgehead atoms. The van der Waals surface area contributed by atoms with Crippen LogP contribution in [0, 0.1) is 0 Å². The molecule has 0 saturated heterocycles. The van der Waals surface area contributed by atoms with Crippen LogP contribution in [0.2, 0.25) is 0 Å². The number of nitrogens with two attached hydrogens (primary N) is 1. The van der Waals surface area contributed by atoms with Gasteiger partial charge in [0.15, 0.2) is 5.65 Å². The van der Waals surface area contributed by atoms with Crippen molar-refractivity contribution in [2.24, 2.45) is 14.1 Å². The van der Waals surface area contributed by atoms with E-state index in [-0.39, 0.29) is 0 Å². The highest BCUT2D eigenvalue weighted by Crippen LogP contribution is 2.21. The van der Waals surface area contributed by atoms with Crippen LogP contribution in [0.25, 0.3) is 11.2 Å². The first-order valence-corrected chi connectivity index (χ1v) is 6.75. The molecule has 2 N–H and O–H groups in total. The van der Waals surface area contributed by atoms with Gasteiger partial charge in [0.2, 0.25) is 5.95 Å². The van der Waals surface area contributed by atoms with Crippen molar-refractivity contribution in [2.45, 2.75) is 26.3 Å². The van der Waals surface area contributed by atoms with Crippen LogP contribution < -0.4 is 5.73 Å². The van der Waals surface area contributed by atoms with E-state index >= 15 is 0 Å². The lowest BCUT2D eigenvalue weighted by Gasteiger charge is -2.07. The monoisotopic (exact) mass is 273 g/mol. The van der Waals surface area contributed by atoms with Crippen molar-refractivity contribution in [3.63, 3.8) is 0 Å². The van der Waals surface area contributed by atoms with E-state index in [9.17, 15) is 0 Å². The lowest BCUT2D eigenvalue weighted by molar-refractivity contribution is 0.645. The Morgan fingerprint density at radius 2 is 2.10 bits per heavy atom. The molecule has 0 unspecified atom stereocenters. The smallest absolute Gasteiger partial charge is 0.202 e. The molecule has 0 atom stereocenters. The molecule has 0 aliphatic carbocycles. The third kappa shape index (κ3) is 1.86. The minimum absolute atomic E-state index is 0.539. The van der Waals surface area contributed by atoms with E-state index in [0.29, 0.717) is 5.95 Å². The van der Waals surface area contributed by atoms with E-state index in [1.807, 2.05) is 34.1 Å². The Labute approximate surface area is 117 Å². The molecule has 7 nitrogen and oxygen atoms in total. The Balaban J connectivity index is 1.97. The summed E-state index contributed by atoms with van der Waals surface area (Å²) in [6.45, 7) is 2.82. The van der Waals surface area contributed by atoms with Crippen LogP contribution in [-0.2, 0) is 33.5 Å². The summed E-state index contributed by atoms with van der Waals surface area (Å²) in [5.74, 6) is 1.57. The molecule has 3 rings (SSSR count). The van der Waals surface area contributed by atoms with E-state index < -0.39 is 0 Å². The third-order valence-electron chi connectivity index (χ3n) is 3.64. The van der Waals surface area contributed by atoms with E-state index in [2.05, 4.69) is 22.0 Å². The van der Waals surface area contributed by atoms with Gasteiger partial charge in [-0.2, -0.15) is 5.10 Å². The Kier molecular flexibility index (Phi) is 2.96. The fourth-order valence-electron chi connectivity index (χ4n) is 2.57. The molecule has 0 aromatic carbocycles. The van der Waals surface area contributed by atoms with Crippen molar-refractivity contribution >= 4 is 17.1 Å². The minimum atomic E-state index is 0.539. The second kappa shape index (κ2) is 4.66. The summed E-state index contributed by atoms with van der Waals surface area (Å²) >= 11 is 0. The zero-order valence-corrected chi connectivity index (χ0v) is 12.0. The third-order valence-corrected chi connectivity index (χ3v) is 3.64. The molecular formula is C13H19N7. The zero-order chi connectivity index (χ0) is 14.3. The summed E-state index contributed by atoms with van der Waals surface area (Å²) in [4.78, 5) is 8.79. The van der Waals surface area contributed by atoms with Crippen molar-refractivity contribution in [2.75, 3.05) is 5.73 Å². The predicted octanol–water partition coefficient (Wildman–Crippen LogP) is 0.891. The number of fused-ring (bicyclic) bond motifs is 1. The predicted molar refractivity (Wildman–Crippen MR) is 77.2 cm³/mol. The summed E-state index contributed by atoms with van der Waals surface area (Å²) in [5.41, 5.74) is 8.93. The lowest BCUT2D eigenvalue weighted by atomic mass is 10.3. The number of nitrogens with zero attached hydrogens (tertiary/aromatic N) is 6. The van der Waals surface area contributed by atoms with E-state index in [1.165, 1.54) is 0 Å². The van der Waals surface area contributed by atoms with Crippen molar-refractivity contribution in [3.8, 4) is 0 Å². The average Bonchev–Trinajstić information content (AvgIpc) is 3.05. The van der Waals surface area contributed by atoms with Crippen LogP contribution in [0.3, 0.4) is 0 Å². The van der Waals surface area contributed by atoms with Gasteiger partial charge in [-0.25, -0.2) is 9.97 Å². The number of hydrogen-bond acceptors (Lipinski definition) is 4. The van der Waals surface area contributed by atoms with Crippen LogP contribution in [0.5, 0.6) is 0 Å². The highest BCUT2D eigenvalue weighted by atomic mass is 15.3. The molecule has 0 radical (unpaired) electrons. The molecule has 106 valence electrons. The van der Waals surface area contributed by atoms with Gasteiger partial charge >= 0.3 is 0 Å². The maximum atomic E-state index is 6.05. The summed E-state index contributed by atoms with van der Waals surface area (Å²) < 4.78 is 5.89. The first kappa shape index (κ1) is 12.7. The second-order valence-electron chi connectivity index (χ2n) is 4.92. The van der Waals surface area contributed by atoms with Gasteiger partial charge in [0.1, 0.15) is 11.3 Å². The highest BCUT2D eigenvalue weighted by molar-refractivity contribution is 5.77. The van der Waals surface area contributed by atoms with E-state index in [4.69, 9.17) is 5.73 Å². The SMILES string of the molecule is CCc1nn(C)c2c1nc(N)n2CCc1nccn1C. The van der Waals surface area contributed by atoms with Crippen molar-refractivity contribution in [1.82, 2.24) is 28.9 Å². The summed E-state index contributed by atoms with van der Waals surface area (Å²) in [6, 6.07) is 0. The fraction of sp³-hybridized carbons (Fsp3) is 0.462. The molecular weight excluding hydrogens is 254 g/mol. The normalized spacial score (nSPS) is 11.6. The average molecular weight is 273 g/mol. The minimum Gasteiger partial charge on any atom is -0.369 e. The molecule has 3 aromatic heterocycles. The maximum Gasteiger partial charge on any atom is 0.202 e. The highest BCUT2D eigenvalue weighted by Gasteiger charge is 2.17. The van der Waals surface area contributed by atoms with Crippen molar-refractivity contribution in [3.05, 3.63) is 23.9 Å². The van der Waals surface area contributed by atoms with Crippen molar-refractivity contribution in [1.29, 1.82) is 0 Å². The Morgan fingerprint density at radius 3 is 2.75 bits per heavy atom. The number of aryl methyl sites for hydroxylation is 5. The lowest BCUT2D eigenvalue weighted by Crippen LogP contribution is -2.10. The van der Waals surface area contributed by atoms with E-state index in [0.717, 1.165) is 42.1 Å². The van der Waals surface area contributed by atoms with Gasteiger partial charge in [0, 0.05) is 39.5 Å². The van der Waals surface area contributed by atoms with Crippen LogP contribution in [-0.4, -0.2) is 28.9 Å². The second-order valence-corrected chi connectivity index (χ2v) is 4.92. The van der Waals surface area contributed by atoms with Crippen LogP contribution in [0.4, 0.5) is 5.95 Å². The number of imidazole rings is 2. The maximum absolute atomic E-state index is 6.05. The Morgan fingerprint density at radius 1 is 1.30 bits per heavy atom. The van der Waals surface area contributed by atoms with Gasteiger partial charge < -0.3 is 10.3 Å². The van der Waals surface area contributed by atoms with Gasteiger partial charge in [-0.1, -0.05) is 6.92 Å². The standard InChI is InChI=1S/C13H19N7/c1-4-9-11-12(19(3)17-9)20(13(14)16-11)7-5-10-15-6-8-18(10)2/h6,8H,4-5,7H2,1-3H3,(H2,14,16). The summed E-state index contributed by atoms with van der Waals surface area (Å²) in [6.07, 6.45) is 5.42.